The van der Waals surface area contributed by atoms with E-state index < -0.39 is 11.6 Å². The quantitative estimate of drug-likeness (QED) is 0.898. The summed E-state index contributed by atoms with van der Waals surface area (Å²) in [5.74, 6) is -1.33. The van der Waals surface area contributed by atoms with Crippen LogP contribution in [0.5, 0.6) is 5.75 Å². The maximum Gasteiger partial charge on any atom is 0.253 e. The van der Waals surface area contributed by atoms with Crippen LogP contribution in [0.4, 0.5) is 8.78 Å². The van der Waals surface area contributed by atoms with Crippen molar-refractivity contribution in [1.29, 1.82) is 0 Å². The molecule has 26 heavy (non-hydrogen) atoms. The Bertz CT molecular complexity index is 861. The molecule has 6 heteroatoms. The van der Waals surface area contributed by atoms with Crippen molar-refractivity contribution in [2.75, 3.05) is 19.7 Å². The van der Waals surface area contributed by atoms with Gasteiger partial charge in [0.15, 0.2) is 11.6 Å². The van der Waals surface area contributed by atoms with Gasteiger partial charge in [0.2, 0.25) is 0 Å². The number of amides is 1. The molecule has 2 aliphatic rings. The van der Waals surface area contributed by atoms with Crippen LogP contribution in [0.25, 0.3) is 0 Å². The van der Waals surface area contributed by atoms with E-state index >= 15 is 0 Å². The van der Waals surface area contributed by atoms with E-state index in [2.05, 4.69) is 6.07 Å². The summed E-state index contributed by atoms with van der Waals surface area (Å²) in [6, 6.07) is 9.32. The molecule has 0 aliphatic carbocycles. The molecule has 136 valence electrons. The van der Waals surface area contributed by atoms with E-state index in [1.54, 1.807) is 4.90 Å². The van der Waals surface area contributed by atoms with Crippen LogP contribution in [0.2, 0.25) is 0 Å². The maximum atomic E-state index is 13.4. The predicted molar refractivity (Wildman–Crippen MR) is 93.0 cm³/mol. The number of rotatable bonds is 2. The second kappa shape index (κ2) is 6.36. The first-order chi connectivity index (χ1) is 12.5. The van der Waals surface area contributed by atoms with Gasteiger partial charge < -0.3 is 15.4 Å². The van der Waals surface area contributed by atoms with Crippen LogP contribution in [-0.2, 0) is 12.0 Å². The highest BCUT2D eigenvalue weighted by Crippen LogP contribution is 2.45. The lowest BCUT2D eigenvalue weighted by Gasteiger charge is -2.38. The van der Waals surface area contributed by atoms with E-state index in [9.17, 15) is 13.6 Å². The molecule has 2 N–H and O–H groups in total. The number of nitrogens with zero attached hydrogens (tertiary/aromatic N) is 1. The molecule has 0 aromatic heterocycles. The summed E-state index contributed by atoms with van der Waals surface area (Å²) >= 11 is 0. The zero-order valence-electron chi connectivity index (χ0n) is 14.3. The number of fused-ring (bicyclic) bond motifs is 2. The summed E-state index contributed by atoms with van der Waals surface area (Å²) in [4.78, 5) is 14.3. The second-order valence-electron chi connectivity index (χ2n) is 7.02. The average Bonchev–Trinajstić information content (AvgIpc) is 3.01. The maximum absolute atomic E-state index is 13.4. The van der Waals surface area contributed by atoms with Gasteiger partial charge in [-0.25, -0.2) is 8.78 Å². The van der Waals surface area contributed by atoms with Gasteiger partial charge in [0, 0.05) is 36.2 Å². The number of benzene rings is 2. The van der Waals surface area contributed by atoms with Crippen LogP contribution in [0.15, 0.2) is 36.4 Å². The topological polar surface area (TPSA) is 55.6 Å². The third kappa shape index (κ3) is 2.74. The first-order valence-electron chi connectivity index (χ1n) is 8.73. The molecule has 4 rings (SSSR count). The van der Waals surface area contributed by atoms with Crippen molar-refractivity contribution in [3.8, 4) is 5.75 Å². The number of carbonyl (C=O) groups excluding carboxylic acids is 1. The van der Waals surface area contributed by atoms with Gasteiger partial charge in [-0.15, -0.1) is 0 Å². The normalized spacial score (nSPS) is 17.9. The van der Waals surface area contributed by atoms with Crippen molar-refractivity contribution in [1.82, 2.24) is 4.90 Å². The van der Waals surface area contributed by atoms with Crippen molar-refractivity contribution in [3.05, 3.63) is 64.7 Å². The summed E-state index contributed by atoms with van der Waals surface area (Å²) in [5, 5.41) is 0. The lowest BCUT2D eigenvalue weighted by molar-refractivity contribution is 0.0646. The SMILES string of the molecule is NCc1ccc2c(c1)C1(CCN(C(=O)c3ccc(F)c(F)c3)CC1)CO2. The van der Waals surface area contributed by atoms with Gasteiger partial charge in [-0.2, -0.15) is 0 Å². The zero-order valence-corrected chi connectivity index (χ0v) is 14.3. The fraction of sp³-hybridized carbons (Fsp3) is 0.350. The molecule has 2 aliphatic heterocycles. The molecule has 0 unspecified atom stereocenters. The van der Waals surface area contributed by atoms with Gasteiger partial charge in [-0.05, 0) is 42.7 Å². The van der Waals surface area contributed by atoms with Crippen LogP contribution in [-0.4, -0.2) is 30.5 Å². The minimum atomic E-state index is -1.00. The Morgan fingerprint density at radius 1 is 1.12 bits per heavy atom. The molecule has 0 saturated carbocycles. The smallest absolute Gasteiger partial charge is 0.253 e. The first kappa shape index (κ1) is 17.0. The summed E-state index contributed by atoms with van der Waals surface area (Å²) in [6.07, 6.45) is 1.53. The van der Waals surface area contributed by atoms with E-state index in [0.717, 1.165) is 36.3 Å². The molecule has 0 atom stereocenters. The summed E-state index contributed by atoms with van der Waals surface area (Å²) in [7, 11) is 0. The molecule has 1 amide bonds. The van der Waals surface area contributed by atoms with Gasteiger partial charge >= 0.3 is 0 Å². The second-order valence-corrected chi connectivity index (χ2v) is 7.02. The van der Waals surface area contributed by atoms with Crippen molar-refractivity contribution >= 4 is 5.91 Å². The van der Waals surface area contributed by atoms with E-state index in [0.29, 0.717) is 26.2 Å². The zero-order chi connectivity index (χ0) is 18.3. The number of hydrogen-bond acceptors (Lipinski definition) is 3. The van der Waals surface area contributed by atoms with Crippen molar-refractivity contribution < 1.29 is 18.3 Å². The largest absolute Gasteiger partial charge is 0.492 e. The molecule has 1 spiro atoms. The van der Waals surface area contributed by atoms with Crippen LogP contribution in [0, 0.1) is 11.6 Å². The Labute approximate surface area is 150 Å². The van der Waals surface area contributed by atoms with Crippen LogP contribution in [0.3, 0.4) is 0 Å². The van der Waals surface area contributed by atoms with E-state index in [-0.39, 0.29) is 16.9 Å². The molecule has 1 saturated heterocycles. The highest BCUT2D eigenvalue weighted by atomic mass is 19.2. The number of piperidine rings is 1. The Balaban J connectivity index is 1.52. The fourth-order valence-corrected chi connectivity index (χ4v) is 3.90. The molecule has 0 bridgehead atoms. The molecule has 1 fully saturated rings. The summed E-state index contributed by atoms with van der Waals surface area (Å²) in [5.41, 5.74) is 8.06. The Hall–Kier alpha value is -2.47. The molecule has 0 radical (unpaired) electrons. The average molecular weight is 358 g/mol. The molecule has 2 aromatic carbocycles. The Morgan fingerprint density at radius 2 is 1.88 bits per heavy atom. The lowest BCUT2D eigenvalue weighted by Crippen LogP contribution is -2.46. The van der Waals surface area contributed by atoms with Crippen molar-refractivity contribution in [2.45, 2.75) is 24.8 Å². The van der Waals surface area contributed by atoms with E-state index in [1.165, 1.54) is 11.6 Å². The third-order valence-corrected chi connectivity index (χ3v) is 5.53. The monoisotopic (exact) mass is 358 g/mol. The van der Waals surface area contributed by atoms with Gasteiger partial charge in [-0.3, -0.25) is 4.79 Å². The number of likely N-dealkylation sites (tertiary alicyclic amines) is 1. The minimum absolute atomic E-state index is 0.106. The number of halogens is 2. The van der Waals surface area contributed by atoms with E-state index in [1.807, 2.05) is 12.1 Å². The Morgan fingerprint density at radius 3 is 2.58 bits per heavy atom. The van der Waals surface area contributed by atoms with Crippen molar-refractivity contribution in [3.63, 3.8) is 0 Å². The van der Waals surface area contributed by atoms with Crippen LogP contribution < -0.4 is 10.5 Å². The first-order valence-corrected chi connectivity index (χ1v) is 8.73. The number of nitrogens with two attached hydrogens (primary N) is 1. The van der Waals surface area contributed by atoms with E-state index in [4.69, 9.17) is 10.5 Å². The molecular weight excluding hydrogens is 338 g/mol. The minimum Gasteiger partial charge on any atom is -0.492 e. The fourth-order valence-electron chi connectivity index (χ4n) is 3.90. The van der Waals surface area contributed by atoms with Crippen molar-refractivity contribution in [2.24, 2.45) is 5.73 Å². The molecule has 2 aromatic rings. The van der Waals surface area contributed by atoms with Crippen LogP contribution >= 0.6 is 0 Å². The number of hydrogen-bond donors (Lipinski definition) is 1. The van der Waals surface area contributed by atoms with Crippen LogP contribution in [0.1, 0.15) is 34.3 Å². The van der Waals surface area contributed by atoms with Gasteiger partial charge in [0.05, 0.1) is 6.61 Å². The number of carbonyl (C=O) groups is 1. The van der Waals surface area contributed by atoms with Gasteiger partial charge in [0.25, 0.3) is 5.91 Å². The summed E-state index contributed by atoms with van der Waals surface area (Å²) < 4.78 is 32.4. The molecule has 4 nitrogen and oxygen atoms in total. The molecular formula is C20H20F2N2O2. The van der Waals surface area contributed by atoms with Gasteiger partial charge in [-0.1, -0.05) is 12.1 Å². The third-order valence-electron chi connectivity index (χ3n) is 5.53. The number of ether oxygens (including phenoxy) is 1. The highest BCUT2D eigenvalue weighted by molar-refractivity contribution is 5.94. The lowest BCUT2D eigenvalue weighted by atomic mass is 9.74. The highest BCUT2D eigenvalue weighted by Gasteiger charge is 2.43. The van der Waals surface area contributed by atoms with Gasteiger partial charge in [0.1, 0.15) is 5.75 Å². The molecule has 2 heterocycles. The Kier molecular flexibility index (Phi) is 4.15. The predicted octanol–water partition coefficient (Wildman–Crippen LogP) is 2.99. The summed E-state index contributed by atoms with van der Waals surface area (Å²) in [6.45, 7) is 2.18. The standard InChI is InChI=1S/C20H20F2N2O2/c21-16-3-2-14(10-17(16)22)19(25)24-7-5-20(6-8-24)12-26-18-4-1-13(11-23)9-15(18)20/h1-4,9-10H,5-8,11-12,23H2.